The van der Waals surface area contributed by atoms with E-state index in [0.717, 1.165) is 15.8 Å². The van der Waals surface area contributed by atoms with Gasteiger partial charge in [0.25, 0.3) is 5.91 Å². The van der Waals surface area contributed by atoms with Gasteiger partial charge in [0.05, 0.1) is 6.61 Å². The molecule has 0 aliphatic rings. The first-order valence-electron chi connectivity index (χ1n) is 7.88. The van der Waals surface area contributed by atoms with Gasteiger partial charge >= 0.3 is 0 Å². The molecule has 2 aromatic carbocycles. The van der Waals surface area contributed by atoms with Gasteiger partial charge in [-0.1, -0.05) is 28.1 Å². The number of likely N-dealkylation sites (N-methyl/N-ethyl adjacent to an activating group) is 1. The Labute approximate surface area is 151 Å². The van der Waals surface area contributed by atoms with Crippen LogP contribution in [0.25, 0.3) is 0 Å². The van der Waals surface area contributed by atoms with Crippen LogP contribution in [0.3, 0.4) is 0 Å². The van der Waals surface area contributed by atoms with E-state index < -0.39 is 6.10 Å². The smallest absolute Gasteiger partial charge is 0.263 e. The molecule has 24 heavy (non-hydrogen) atoms. The lowest BCUT2D eigenvalue weighted by Gasteiger charge is -2.22. The molecule has 2 rings (SSSR count). The second kappa shape index (κ2) is 8.73. The van der Waals surface area contributed by atoms with Gasteiger partial charge in [-0.15, -0.1) is 0 Å². The highest BCUT2D eigenvalue weighted by atomic mass is 79.9. The van der Waals surface area contributed by atoms with Crippen LogP contribution in [0.2, 0.25) is 0 Å². The van der Waals surface area contributed by atoms with E-state index in [1.54, 1.807) is 18.9 Å². The van der Waals surface area contributed by atoms with Crippen LogP contribution in [0, 0.1) is 0 Å². The fourth-order valence-corrected chi connectivity index (χ4v) is 2.55. The zero-order valence-electron chi connectivity index (χ0n) is 14.2. The van der Waals surface area contributed by atoms with Gasteiger partial charge in [-0.3, -0.25) is 4.79 Å². The number of carbonyl (C=O) groups excluding carboxylic acids is 1. The van der Waals surface area contributed by atoms with E-state index in [4.69, 9.17) is 9.47 Å². The number of amides is 1. The lowest BCUT2D eigenvalue weighted by molar-refractivity contribution is -0.137. The van der Waals surface area contributed by atoms with E-state index in [2.05, 4.69) is 15.9 Å². The summed E-state index contributed by atoms with van der Waals surface area (Å²) < 4.78 is 12.1. The van der Waals surface area contributed by atoms with Crippen molar-refractivity contribution in [2.75, 3.05) is 13.7 Å². The van der Waals surface area contributed by atoms with Gasteiger partial charge in [0.2, 0.25) is 0 Å². The van der Waals surface area contributed by atoms with Crippen molar-refractivity contribution in [3.63, 3.8) is 0 Å². The van der Waals surface area contributed by atoms with Crippen molar-refractivity contribution >= 4 is 21.8 Å². The van der Waals surface area contributed by atoms with Crippen LogP contribution in [-0.4, -0.2) is 30.6 Å². The zero-order valence-corrected chi connectivity index (χ0v) is 15.7. The Kier molecular flexibility index (Phi) is 6.67. The molecule has 0 aliphatic heterocycles. The fourth-order valence-electron chi connectivity index (χ4n) is 2.29. The largest absolute Gasteiger partial charge is 0.494 e. The summed E-state index contributed by atoms with van der Waals surface area (Å²) in [6.07, 6.45) is -0.543. The molecular formula is C19H22BrNO3. The van der Waals surface area contributed by atoms with Gasteiger partial charge in [0, 0.05) is 18.1 Å². The minimum absolute atomic E-state index is 0.0631. The summed E-state index contributed by atoms with van der Waals surface area (Å²) in [7, 11) is 1.78. The quantitative estimate of drug-likeness (QED) is 0.706. The second-order valence-electron chi connectivity index (χ2n) is 5.49. The van der Waals surface area contributed by atoms with Crippen LogP contribution in [0.15, 0.2) is 53.0 Å². The van der Waals surface area contributed by atoms with Crippen molar-refractivity contribution in [1.29, 1.82) is 0 Å². The predicted octanol–water partition coefficient (Wildman–Crippen LogP) is 4.27. The summed E-state index contributed by atoms with van der Waals surface area (Å²) in [5.74, 6) is 1.45. The van der Waals surface area contributed by atoms with Crippen molar-refractivity contribution < 1.29 is 14.3 Å². The molecule has 0 bridgehead atoms. The van der Waals surface area contributed by atoms with Gasteiger partial charge in [-0.25, -0.2) is 0 Å². The number of nitrogens with zero attached hydrogens (tertiary/aromatic N) is 1. The van der Waals surface area contributed by atoms with E-state index >= 15 is 0 Å². The molecule has 1 amide bonds. The highest BCUT2D eigenvalue weighted by molar-refractivity contribution is 9.10. The van der Waals surface area contributed by atoms with Crippen molar-refractivity contribution in [2.45, 2.75) is 26.5 Å². The van der Waals surface area contributed by atoms with Crippen molar-refractivity contribution in [3.05, 3.63) is 58.6 Å². The molecule has 128 valence electrons. The highest BCUT2D eigenvalue weighted by Crippen LogP contribution is 2.18. The Balaban J connectivity index is 1.91. The number of hydrogen-bond donors (Lipinski definition) is 0. The van der Waals surface area contributed by atoms with E-state index in [1.165, 1.54) is 0 Å². The first-order valence-corrected chi connectivity index (χ1v) is 8.68. The van der Waals surface area contributed by atoms with Gasteiger partial charge in [-0.05, 0) is 55.8 Å². The summed E-state index contributed by atoms with van der Waals surface area (Å²) in [4.78, 5) is 14.1. The monoisotopic (exact) mass is 391 g/mol. The normalized spacial score (nSPS) is 11.7. The molecule has 0 radical (unpaired) electrons. The zero-order chi connectivity index (χ0) is 17.5. The summed E-state index contributed by atoms with van der Waals surface area (Å²) in [6, 6.07) is 15.2. The minimum atomic E-state index is -0.543. The number of hydrogen-bond acceptors (Lipinski definition) is 3. The Morgan fingerprint density at radius 2 is 1.67 bits per heavy atom. The molecule has 0 spiro atoms. The molecule has 2 aromatic rings. The highest BCUT2D eigenvalue weighted by Gasteiger charge is 2.19. The minimum Gasteiger partial charge on any atom is -0.494 e. The van der Waals surface area contributed by atoms with Crippen LogP contribution in [0.1, 0.15) is 19.4 Å². The fraction of sp³-hybridized carbons (Fsp3) is 0.316. The third-order valence-electron chi connectivity index (χ3n) is 3.50. The number of rotatable bonds is 7. The summed E-state index contributed by atoms with van der Waals surface area (Å²) in [5.41, 5.74) is 1.05. The van der Waals surface area contributed by atoms with E-state index in [9.17, 15) is 4.79 Å². The number of benzene rings is 2. The maximum absolute atomic E-state index is 12.5. The molecule has 1 unspecified atom stereocenters. The Morgan fingerprint density at radius 3 is 2.25 bits per heavy atom. The lowest BCUT2D eigenvalue weighted by Crippen LogP contribution is -2.37. The van der Waals surface area contributed by atoms with Crippen molar-refractivity contribution in [3.8, 4) is 11.5 Å². The topological polar surface area (TPSA) is 38.8 Å². The van der Waals surface area contributed by atoms with Crippen LogP contribution < -0.4 is 9.47 Å². The average Bonchev–Trinajstić information content (AvgIpc) is 2.58. The molecule has 0 fully saturated rings. The molecule has 0 heterocycles. The Hall–Kier alpha value is -2.01. The molecule has 0 N–H and O–H groups in total. The Morgan fingerprint density at radius 1 is 1.08 bits per heavy atom. The van der Waals surface area contributed by atoms with Crippen LogP contribution in [0.5, 0.6) is 11.5 Å². The SMILES string of the molecule is CCOc1ccc(CN(C)C(=O)C(C)Oc2ccc(Br)cc2)cc1. The van der Waals surface area contributed by atoms with Crippen LogP contribution >= 0.6 is 15.9 Å². The van der Waals surface area contributed by atoms with Gasteiger partial charge in [0.15, 0.2) is 6.10 Å². The van der Waals surface area contributed by atoms with Gasteiger partial charge in [0.1, 0.15) is 11.5 Å². The lowest BCUT2D eigenvalue weighted by atomic mass is 10.2. The van der Waals surface area contributed by atoms with E-state index in [-0.39, 0.29) is 5.91 Å². The number of halogens is 1. The van der Waals surface area contributed by atoms with Crippen molar-refractivity contribution in [1.82, 2.24) is 4.90 Å². The predicted molar refractivity (Wildman–Crippen MR) is 98.3 cm³/mol. The summed E-state index contributed by atoms with van der Waals surface area (Å²) >= 11 is 3.38. The average molecular weight is 392 g/mol. The van der Waals surface area contributed by atoms with Gasteiger partial charge in [-0.2, -0.15) is 0 Å². The van der Waals surface area contributed by atoms with E-state index in [0.29, 0.717) is 18.9 Å². The number of carbonyl (C=O) groups is 1. The summed E-state index contributed by atoms with van der Waals surface area (Å²) in [5, 5.41) is 0. The second-order valence-corrected chi connectivity index (χ2v) is 6.40. The first-order chi connectivity index (χ1) is 11.5. The standard InChI is InChI=1S/C19H22BrNO3/c1-4-23-17-9-5-15(6-10-17)13-21(3)19(22)14(2)24-18-11-7-16(20)8-12-18/h5-12,14H,4,13H2,1-3H3. The Bertz CT molecular complexity index is 655. The molecule has 1 atom stereocenters. The molecule has 0 aliphatic carbocycles. The third kappa shape index (κ3) is 5.27. The molecule has 0 saturated heterocycles. The molecular weight excluding hydrogens is 370 g/mol. The molecule has 0 aromatic heterocycles. The van der Waals surface area contributed by atoms with Crippen LogP contribution in [0.4, 0.5) is 0 Å². The van der Waals surface area contributed by atoms with Crippen molar-refractivity contribution in [2.24, 2.45) is 0 Å². The third-order valence-corrected chi connectivity index (χ3v) is 4.03. The van der Waals surface area contributed by atoms with E-state index in [1.807, 2.05) is 55.5 Å². The first kappa shape index (κ1) is 18.3. The maximum Gasteiger partial charge on any atom is 0.263 e. The van der Waals surface area contributed by atoms with Gasteiger partial charge < -0.3 is 14.4 Å². The molecule has 5 heteroatoms. The number of ether oxygens (including phenoxy) is 2. The maximum atomic E-state index is 12.5. The molecule has 4 nitrogen and oxygen atoms in total. The molecule has 0 saturated carbocycles. The summed E-state index contributed by atoms with van der Waals surface area (Å²) in [6.45, 7) is 4.88. The van der Waals surface area contributed by atoms with Crippen LogP contribution in [-0.2, 0) is 11.3 Å².